The first-order chi connectivity index (χ1) is 12.9. The zero-order valence-corrected chi connectivity index (χ0v) is 15.8. The van der Waals surface area contributed by atoms with Crippen molar-refractivity contribution >= 4 is 15.7 Å². The van der Waals surface area contributed by atoms with Crippen molar-refractivity contribution in [3.8, 4) is 0 Å². The fourth-order valence-corrected chi connectivity index (χ4v) is 6.14. The van der Waals surface area contributed by atoms with Crippen molar-refractivity contribution in [3.05, 3.63) is 58.5 Å². The Morgan fingerprint density at radius 2 is 1.67 bits per heavy atom. The van der Waals surface area contributed by atoms with Gasteiger partial charge in [-0.05, 0) is 43.9 Å². The summed E-state index contributed by atoms with van der Waals surface area (Å²) in [4.78, 5) is 26.6. The van der Waals surface area contributed by atoms with Crippen LogP contribution >= 0.6 is 0 Å². The van der Waals surface area contributed by atoms with E-state index in [9.17, 15) is 18.0 Å². The van der Waals surface area contributed by atoms with Gasteiger partial charge in [0.25, 0.3) is 11.5 Å². The number of aromatic nitrogens is 2. The number of hydrogen-bond acceptors (Lipinski definition) is 5. The number of amides is 1. The second kappa shape index (κ2) is 6.60. The lowest BCUT2D eigenvalue weighted by Gasteiger charge is -2.38. The molecule has 2 fully saturated rings. The molecule has 3 heterocycles. The summed E-state index contributed by atoms with van der Waals surface area (Å²) >= 11 is 0. The number of nitrogens with zero attached hydrogens (tertiary/aromatic N) is 3. The zero-order chi connectivity index (χ0) is 19.2. The maximum Gasteiger partial charge on any atom is 0.274 e. The van der Waals surface area contributed by atoms with E-state index in [2.05, 4.69) is 5.10 Å². The number of rotatable bonds is 3. The molecule has 1 aromatic carbocycles. The molecule has 2 aromatic rings. The minimum Gasteiger partial charge on any atom is -0.331 e. The molecule has 8 heteroatoms. The second-order valence-electron chi connectivity index (χ2n) is 7.23. The van der Waals surface area contributed by atoms with Crippen LogP contribution in [-0.2, 0) is 16.9 Å². The fraction of sp³-hybridized carbons (Fsp3) is 0.421. The van der Waals surface area contributed by atoms with Crippen LogP contribution in [0.5, 0.6) is 0 Å². The highest BCUT2D eigenvalue weighted by atomic mass is 32.2. The van der Waals surface area contributed by atoms with Gasteiger partial charge in [0.05, 0.1) is 10.1 Å². The Bertz CT molecular complexity index is 1020. The third-order valence-electron chi connectivity index (χ3n) is 5.61. The average Bonchev–Trinajstić information content (AvgIpc) is 2.93. The van der Waals surface area contributed by atoms with Gasteiger partial charge in [-0.25, -0.2) is 13.1 Å². The molecule has 2 aliphatic rings. The van der Waals surface area contributed by atoms with Gasteiger partial charge in [-0.3, -0.25) is 9.59 Å². The molecule has 7 nitrogen and oxygen atoms in total. The molecule has 0 aliphatic carbocycles. The van der Waals surface area contributed by atoms with Crippen LogP contribution in [0.2, 0.25) is 0 Å². The standard InChI is InChI=1S/C19H21N3O4S/c1-21-18(23)10-9-17(20-21)19(24)22-13-7-8-14(22)12-16(11-13)27(25,26)15-5-3-2-4-6-15/h2-6,9-10,13-14,16H,7-8,11-12H2,1H3. The van der Waals surface area contributed by atoms with E-state index < -0.39 is 15.1 Å². The van der Waals surface area contributed by atoms with E-state index in [-0.39, 0.29) is 29.2 Å². The number of sulfone groups is 1. The lowest BCUT2D eigenvalue weighted by atomic mass is 10.0. The van der Waals surface area contributed by atoms with E-state index >= 15 is 0 Å². The van der Waals surface area contributed by atoms with Crippen LogP contribution in [0, 0.1) is 0 Å². The lowest BCUT2D eigenvalue weighted by molar-refractivity contribution is 0.0589. The molecule has 2 bridgehead atoms. The van der Waals surface area contributed by atoms with Gasteiger partial charge in [-0.2, -0.15) is 5.10 Å². The van der Waals surface area contributed by atoms with E-state index in [0.29, 0.717) is 17.7 Å². The summed E-state index contributed by atoms with van der Waals surface area (Å²) in [5.41, 5.74) is -0.0550. The number of fused-ring (bicyclic) bond motifs is 2. The highest BCUT2D eigenvalue weighted by Gasteiger charge is 2.47. The Balaban J connectivity index is 1.58. The fourth-order valence-electron chi connectivity index (χ4n) is 4.26. The quantitative estimate of drug-likeness (QED) is 0.794. The summed E-state index contributed by atoms with van der Waals surface area (Å²) in [6.07, 6.45) is 2.46. The van der Waals surface area contributed by atoms with Crippen LogP contribution in [0.3, 0.4) is 0 Å². The Kier molecular flexibility index (Phi) is 4.38. The van der Waals surface area contributed by atoms with Gasteiger partial charge in [0, 0.05) is 25.2 Å². The van der Waals surface area contributed by atoms with Crippen LogP contribution in [0.1, 0.15) is 36.2 Å². The molecule has 0 saturated carbocycles. The maximum absolute atomic E-state index is 13.0. The predicted octanol–water partition coefficient (Wildman–Crippen LogP) is 1.39. The van der Waals surface area contributed by atoms with Crippen LogP contribution in [-0.4, -0.2) is 46.3 Å². The average molecular weight is 387 g/mol. The van der Waals surface area contributed by atoms with Crippen LogP contribution < -0.4 is 5.56 Å². The number of carbonyl (C=O) groups excluding carboxylic acids is 1. The summed E-state index contributed by atoms with van der Waals surface area (Å²) in [6.45, 7) is 0. The summed E-state index contributed by atoms with van der Waals surface area (Å²) in [7, 11) is -1.91. The van der Waals surface area contributed by atoms with Crippen LogP contribution in [0.25, 0.3) is 0 Å². The molecule has 1 amide bonds. The molecule has 142 valence electrons. The Labute approximate surface area is 157 Å². The van der Waals surface area contributed by atoms with Crippen LogP contribution in [0.4, 0.5) is 0 Å². The summed E-state index contributed by atoms with van der Waals surface area (Å²) in [6, 6.07) is 11.1. The maximum atomic E-state index is 13.0. The predicted molar refractivity (Wildman–Crippen MR) is 99.1 cm³/mol. The highest BCUT2D eigenvalue weighted by molar-refractivity contribution is 7.92. The summed E-state index contributed by atoms with van der Waals surface area (Å²) in [5, 5.41) is 3.58. The smallest absolute Gasteiger partial charge is 0.274 e. The molecular weight excluding hydrogens is 366 g/mol. The third kappa shape index (κ3) is 3.07. The van der Waals surface area contributed by atoms with Gasteiger partial charge in [-0.15, -0.1) is 0 Å². The van der Waals surface area contributed by atoms with E-state index in [1.807, 2.05) is 0 Å². The molecule has 0 spiro atoms. The van der Waals surface area contributed by atoms with Crippen LogP contribution in [0.15, 0.2) is 52.2 Å². The zero-order valence-electron chi connectivity index (χ0n) is 15.0. The molecule has 0 radical (unpaired) electrons. The Morgan fingerprint density at radius 1 is 1.04 bits per heavy atom. The molecule has 27 heavy (non-hydrogen) atoms. The van der Waals surface area contributed by atoms with E-state index in [1.54, 1.807) is 35.2 Å². The first kappa shape index (κ1) is 17.9. The molecular formula is C19H21N3O4S. The summed E-state index contributed by atoms with van der Waals surface area (Å²) in [5.74, 6) is -0.228. The third-order valence-corrected chi connectivity index (χ3v) is 7.81. The van der Waals surface area contributed by atoms with Crippen molar-refractivity contribution in [1.29, 1.82) is 0 Å². The highest BCUT2D eigenvalue weighted by Crippen LogP contribution is 2.40. The number of aryl methyl sites for hydroxylation is 1. The van der Waals surface area contributed by atoms with Gasteiger partial charge in [0.2, 0.25) is 0 Å². The SMILES string of the molecule is Cn1nc(C(=O)N2C3CCC2CC(S(=O)(=O)c2ccccc2)C3)ccc1=O. The topological polar surface area (TPSA) is 89.3 Å². The number of carbonyl (C=O) groups is 1. The minimum absolute atomic E-state index is 0.112. The van der Waals surface area contributed by atoms with E-state index in [0.717, 1.165) is 17.5 Å². The first-order valence-corrected chi connectivity index (χ1v) is 10.6. The van der Waals surface area contributed by atoms with Gasteiger partial charge in [-0.1, -0.05) is 18.2 Å². The van der Waals surface area contributed by atoms with Crippen molar-refractivity contribution in [2.75, 3.05) is 0 Å². The van der Waals surface area contributed by atoms with Crippen molar-refractivity contribution in [2.24, 2.45) is 7.05 Å². The molecule has 1 aromatic heterocycles. The van der Waals surface area contributed by atoms with Crippen molar-refractivity contribution < 1.29 is 13.2 Å². The van der Waals surface area contributed by atoms with Gasteiger partial charge < -0.3 is 4.90 Å². The van der Waals surface area contributed by atoms with Crippen molar-refractivity contribution in [1.82, 2.24) is 14.7 Å². The molecule has 4 rings (SSSR count). The number of hydrogen-bond donors (Lipinski definition) is 0. The number of piperidine rings is 1. The monoisotopic (exact) mass is 387 g/mol. The van der Waals surface area contributed by atoms with Gasteiger partial charge in [0.1, 0.15) is 5.69 Å². The summed E-state index contributed by atoms with van der Waals surface area (Å²) < 4.78 is 27.1. The first-order valence-electron chi connectivity index (χ1n) is 9.04. The van der Waals surface area contributed by atoms with E-state index in [4.69, 9.17) is 0 Å². The Morgan fingerprint density at radius 3 is 2.26 bits per heavy atom. The van der Waals surface area contributed by atoms with Gasteiger partial charge in [0.15, 0.2) is 9.84 Å². The molecule has 2 atom stereocenters. The Hall–Kier alpha value is -2.48. The van der Waals surface area contributed by atoms with Crippen molar-refractivity contribution in [3.63, 3.8) is 0 Å². The second-order valence-corrected chi connectivity index (χ2v) is 9.46. The largest absolute Gasteiger partial charge is 0.331 e. The molecule has 2 saturated heterocycles. The molecule has 0 N–H and O–H groups in total. The van der Waals surface area contributed by atoms with Gasteiger partial charge >= 0.3 is 0 Å². The number of benzene rings is 1. The lowest BCUT2D eigenvalue weighted by Crippen LogP contribution is -2.50. The van der Waals surface area contributed by atoms with Crippen molar-refractivity contribution in [2.45, 2.75) is 47.9 Å². The van der Waals surface area contributed by atoms with E-state index in [1.165, 1.54) is 19.2 Å². The normalized spacial score (nSPS) is 24.8. The molecule has 2 unspecified atom stereocenters. The molecule has 2 aliphatic heterocycles. The minimum atomic E-state index is -3.41.